The molecule has 2 aliphatic heterocycles. The smallest absolute Gasteiger partial charge is 0.326 e. The Morgan fingerprint density at radius 2 is 2.10 bits per heavy atom. The first-order chi connectivity index (χ1) is 9.50. The Kier molecular flexibility index (Phi) is 4.86. The number of carboxylic acids is 1. The third kappa shape index (κ3) is 3.23. The molecule has 2 aliphatic rings. The molecule has 2 saturated heterocycles. The molecule has 0 saturated carbocycles. The van der Waals surface area contributed by atoms with Crippen LogP contribution in [0.1, 0.15) is 32.6 Å². The lowest BCUT2D eigenvalue weighted by Gasteiger charge is -2.39. The van der Waals surface area contributed by atoms with Crippen molar-refractivity contribution < 1.29 is 19.4 Å². The van der Waals surface area contributed by atoms with Crippen LogP contribution in [0.2, 0.25) is 0 Å². The van der Waals surface area contributed by atoms with Gasteiger partial charge in [-0.2, -0.15) is 0 Å². The fourth-order valence-corrected chi connectivity index (χ4v) is 3.17. The second-order valence-electron chi connectivity index (χ2n) is 5.89. The van der Waals surface area contributed by atoms with Gasteiger partial charge in [0, 0.05) is 26.7 Å². The van der Waals surface area contributed by atoms with Crippen molar-refractivity contribution in [1.82, 2.24) is 9.80 Å². The quantitative estimate of drug-likeness (QED) is 0.850. The van der Waals surface area contributed by atoms with Gasteiger partial charge >= 0.3 is 12.0 Å². The first-order valence-corrected chi connectivity index (χ1v) is 7.37. The van der Waals surface area contributed by atoms with Gasteiger partial charge in [-0.1, -0.05) is 6.92 Å². The Balaban J connectivity index is 1.99. The summed E-state index contributed by atoms with van der Waals surface area (Å²) in [5, 5.41) is 9.36. The van der Waals surface area contributed by atoms with Crippen LogP contribution in [0.5, 0.6) is 0 Å². The fourth-order valence-electron chi connectivity index (χ4n) is 3.17. The number of urea groups is 1. The van der Waals surface area contributed by atoms with Gasteiger partial charge in [0.1, 0.15) is 6.04 Å². The number of ether oxygens (including phenoxy) is 1. The van der Waals surface area contributed by atoms with E-state index in [0.29, 0.717) is 13.1 Å². The molecule has 3 atom stereocenters. The standard InChI is InChI=1S/C14H24N2O4/c1-10-5-3-7-16(12(10)13(17)18)14(19)15(2)9-11-6-4-8-20-11/h10-12H,3-9H2,1-2H3,(H,17,18). The molecular formula is C14H24N2O4. The lowest BCUT2D eigenvalue weighted by molar-refractivity contribution is -0.145. The number of carboxylic acid groups (broad SMARTS) is 1. The highest BCUT2D eigenvalue weighted by Crippen LogP contribution is 2.25. The SMILES string of the molecule is CC1CCCN(C(=O)N(C)CC2CCCO2)C1C(=O)O. The summed E-state index contributed by atoms with van der Waals surface area (Å²) < 4.78 is 5.53. The predicted molar refractivity (Wildman–Crippen MR) is 73.5 cm³/mol. The van der Waals surface area contributed by atoms with Crippen molar-refractivity contribution in [3.05, 3.63) is 0 Å². The molecule has 0 aromatic carbocycles. The fraction of sp³-hybridized carbons (Fsp3) is 0.857. The van der Waals surface area contributed by atoms with Crippen LogP contribution in [0.4, 0.5) is 4.79 Å². The molecule has 2 fully saturated rings. The van der Waals surface area contributed by atoms with Crippen LogP contribution >= 0.6 is 0 Å². The van der Waals surface area contributed by atoms with Gasteiger partial charge in [0.25, 0.3) is 0 Å². The van der Waals surface area contributed by atoms with E-state index in [2.05, 4.69) is 0 Å². The van der Waals surface area contributed by atoms with Crippen molar-refractivity contribution in [3.63, 3.8) is 0 Å². The molecule has 0 aromatic rings. The summed E-state index contributed by atoms with van der Waals surface area (Å²) in [6.07, 6.45) is 3.82. The van der Waals surface area contributed by atoms with Gasteiger partial charge in [-0.25, -0.2) is 9.59 Å². The van der Waals surface area contributed by atoms with Crippen LogP contribution in [0, 0.1) is 5.92 Å². The molecule has 2 rings (SSSR count). The molecule has 0 spiro atoms. The highest BCUT2D eigenvalue weighted by molar-refractivity contribution is 5.83. The highest BCUT2D eigenvalue weighted by atomic mass is 16.5. The minimum Gasteiger partial charge on any atom is -0.480 e. The summed E-state index contributed by atoms with van der Waals surface area (Å²) in [7, 11) is 1.72. The number of carbonyl (C=O) groups excluding carboxylic acids is 1. The summed E-state index contributed by atoms with van der Waals surface area (Å²) in [6.45, 7) is 3.72. The lowest BCUT2D eigenvalue weighted by atomic mass is 9.91. The van der Waals surface area contributed by atoms with E-state index in [-0.39, 0.29) is 18.1 Å². The minimum atomic E-state index is -0.906. The van der Waals surface area contributed by atoms with Gasteiger partial charge in [0.2, 0.25) is 0 Å². The van der Waals surface area contributed by atoms with Crippen molar-refractivity contribution in [2.24, 2.45) is 5.92 Å². The Bertz CT molecular complexity index is 368. The number of nitrogens with zero attached hydrogens (tertiary/aromatic N) is 2. The normalized spacial score (nSPS) is 30.3. The molecule has 0 radical (unpaired) electrons. The molecule has 2 heterocycles. The van der Waals surface area contributed by atoms with Gasteiger partial charge in [-0.15, -0.1) is 0 Å². The van der Waals surface area contributed by atoms with Crippen LogP contribution < -0.4 is 0 Å². The van der Waals surface area contributed by atoms with Crippen molar-refractivity contribution in [2.45, 2.75) is 44.8 Å². The zero-order valence-corrected chi connectivity index (χ0v) is 12.2. The lowest BCUT2D eigenvalue weighted by Crippen LogP contribution is -2.56. The van der Waals surface area contributed by atoms with Crippen LogP contribution in [-0.2, 0) is 9.53 Å². The highest BCUT2D eigenvalue weighted by Gasteiger charge is 2.38. The van der Waals surface area contributed by atoms with Crippen molar-refractivity contribution in [3.8, 4) is 0 Å². The Morgan fingerprint density at radius 3 is 2.70 bits per heavy atom. The van der Waals surface area contributed by atoms with E-state index < -0.39 is 12.0 Å². The number of rotatable bonds is 3. The van der Waals surface area contributed by atoms with Gasteiger partial charge < -0.3 is 19.6 Å². The summed E-state index contributed by atoms with van der Waals surface area (Å²) in [6, 6.07) is -0.900. The Hall–Kier alpha value is -1.30. The minimum absolute atomic E-state index is 0.00123. The van der Waals surface area contributed by atoms with Crippen LogP contribution in [0.15, 0.2) is 0 Å². The van der Waals surface area contributed by atoms with Crippen molar-refractivity contribution in [1.29, 1.82) is 0 Å². The first kappa shape index (κ1) is 15.1. The van der Waals surface area contributed by atoms with E-state index in [4.69, 9.17) is 4.74 Å². The van der Waals surface area contributed by atoms with Crippen molar-refractivity contribution in [2.75, 3.05) is 26.7 Å². The van der Waals surface area contributed by atoms with Gasteiger partial charge in [-0.3, -0.25) is 0 Å². The van der Waals surface area contributed by atoms with E-state index in [1.807, 2.05) is 6.92 Å². The van der Waals surface area contributed by atoms with E-state index in [1.165, 1.54) is 4.90 Å². The first-order valence-electron chi connectivity index (χ1n) is 7.37. The van der Waals surface area contributed by atoms with E-state index in [9.17, 15) is 14.7 Å². The second kappa shape index (κ2) is 6.43. The van der Waals surface area contributed by atoms with Gasteiger partial charge in [0.15, 0.2) is 0 Å². The molecule has 3 unspecified atom stereocenters. The summed E-state index contributed by atoms with van der Waals surface area (Å²) >= 11 is 0. The largest absolute Gasteiger partial charge is 0.480 e. The zero-order chi connectivity index (χ0) is 14.7. The number of hydrogen-bond donors (Lipinski definition) is 1. The molecule has 114 valence electrons. The molecule has 0 bridgehead atoms. The predicted octanol–water partition coefficient (Wildman–Crippen LogP) is 1.40. The number of carbonyl (C=O) groups is 2. The average molecular weight is 284 g/mol. The number of piperidine rings is 1. The Labute approximate surface area is 119 Å². The summed E-state index contributed by atoms with van der Waals surface area (Å²) in [5.74, 6) is -0.905. The van der Waals surface area contributed by atoms with Crippen molar-refractivity contribution >= 4 is 12.0 Å². The number of likely N-dealkylation sites (N-methyl/N-ethyl adjacent to an activating group) is 1. The number of likely N-dealkylation sites (tertiary alicyclic amines) is 1. The maximum absolute atomic E-state index is 12.5. The third-order valence-electron chi connectivity index (χ3n) is 4.26. The van der Waals surface area contributed by atoms with Crippen LogP contribution in [0.3, 0.4) is 0 Å². The molecule has 2 amide bonds. The van der Waals surface area contributed by atoms with Gasteiger partial charge in [0.05, 0.1) is 6.10 Å². The zero-order valence-electron chi connectivity index (χ0n) is 12.2. The number of hydrogen-bond acceptors (Lipinski definition) is 3. The molecule has 0 aliphatic carbocycles. The maximum atomic E-state index is 12.5. The topological polar surface area (TPSA) is 70.1 Å². The summed E-state index contributed by atoms with van der Waals surface area (Å²) in [5.41, 5.74) is 0. The summed E-state index contributed by atoms with van der Waals surface area (Å²) in [4.78, 5) is 27.0. The average Bonchev–Trinajstić information content (AvgIpc) is 2.89. The van der Waals surface area contributed by atoms with Crippen LogP contribution in [0.25, 0.3) is 0 Å². The Morgan fingerprint density at radius 1 is 1.35 bits per heavy atom. The molecule has 1 N–H and O–H groups in total. The molecule has 6 nitrogen and oxygen atoms in total. The van der Waals surface area contributed by atoms with Crippen LogP contribution in [-0.4, -0.2) is 65.8 Å². The maximum Gasteiger partial charge on any atom is 0.326 e. The number of aliphatic carboxylic acids is 1. The van der Waals surface area contributed by atoms with E-state index in [0.717, 1.165) is 32.3 Å². The number of amides is 2. The molecular weight excluding hydrogens is 260 g/mol. The van der Waals surface area contributed by atoms with Gasteiger partial charge in [-0.05, 0) is 31.6 Å². The monoisotopic (exact) mass is 284 g/mol. The molecule has 0 aromatic heterocycles. The second-order valence-corrected chi connectivity index (χ2v) is 5.89. The third-order valence-corrected chi connectivity index (χ3v) is 4.26. The van der Waals surface area contributed by atoms with E-state index in [1.54, 1.807) is 11.9 Å². The molecule has 20 heavy (non-hydrogen) atoms. The molecule has 6 heteroatoms. The van der Waals surface area contributed by atoms with E-state index >= 15 is 0 Å².